The topological polar surface area (TPSA) is 79.8 Å². The first kappa shape index (κ1) is 13.7. The first-order valence-corrected chi connectivity index (χ1v) is 6.27. The van der Waals surface area contributed by atoms with Gasteiger partial charge in [-0.2, -0.15) is 5.26 Å². The number of thioether (sulfide) groups is 1. The van der Waals surface area contributed by atoms with E-state index in [0.717, 1.165) is 12.6 Å². The second kappa shape index (κ2) is 6.42. The summed E-state index contributed by atoms with van der Waals surface area (Å²) in [5.74, 6) is 0.531. The van der Waals surface area contributed by atoms with Crippen molar-refractivity contribution in [3.63, 3.8) is 0 Å². The number of hydrogen-bond donors (Lipinski definition) is 0. The number of alkyl halides is 1. The zero-order valence-electron chi connectivity index (χ0n) is 9.09. The Kier molecular flexibility index (Phi) is 5.19. The zero-order valence-corrected chi connectivity index (χ0v) is 10.7. The van der Waals surface area contributed by atoms with Gasteiger partial charge in [-0.1, -0.05) is 6.92 Å². The van der Waals surface area contributed by atoms with E-state index in [9.17, 15) is 10.1 Å². The molecule has 0 aliphatic carbocycles. The Morgan fingerprint density at radius 2 is 2.47 bits per heavy atom. The van der Waals surface area contributed by atoms with E-state index in [2.05, 4.69) is 4.98 Å². The summed E-state index contributed by atoms with van der Waals surface area (Å²) in [6.45, 7) is 1.97. The fraction of sp³-hybridized carbons (Fsp3) is 0.400. The molecule has 0 radical (unpaired) electrons. The van der Waals surface area contributed by atoms with Crippen LogP contribution in [0.25, 0.3) is 0 Å². The smallest absolute Gasteiger partial charge is 0.258 e. The largest absolute Gasteiger partial charge is 0.288 e. The quantitative estimate of drug-likeness (QED) is 0.356. The number of halogens is 1. The minimum absolute atomic E-state index is 0.170. The Balaban J connectivity index is 2.94. The van der Waals surface area contributed by atoms with Crippen LogP contribution in [0.3, 0.4) is 0 Å². The van der Waals surface area contributed by atoms with Crippen LogP contribution >= 0.6 is 23.4 Å². The third-order valence-electron chi connectivity index (χ3n) is 2.00. The van der Waals surface area contributed by atoms with Crippen LogP contribution in [-0.4, -0.2) is 21.0 Å². The molecular formula is C10H10ClN3O2S. The molecule has 17 heavy (non-hydrogen) atoms. The molecule has 90 valence electrons. The van der Waals surface area contributed by atoms with E-state index in [1.807, 2.05) is 13.0 Å². The molecule has 0 spiro atoms. The molecule has 0 fully saturated rings. The summed E-state index contributed by atoms with van der Waals surface area (Å²) >= 11 is 7.01. The van der Waals surface area contributed by atoms with Gasteiger partial charge >= 0.3 is 0 Å². The van der Waals surface area contributed by atoms with Gasteiger partial charge in [-0.3, -0.25) is 10.1 Å². The molecule has 1 aromatic heterocycles. The van der Waals surface area contributed by atoms with Crippen molar-refractivity contribution in [1.29, 1.82) is 5.26 Å². The maximum Gasteiger partial charge on any atom is 0.288 e. The van der Waals surface area contributed by atoms with Crippen LogP contribution in [0.1, 0.15) is 18.9 Å². The lowest BCUT2D eigenvalue weighted by atomic mass is 10.3. The van der Waals surface area contributed by atoms with Crippen molar-refractivity contribution in [2.75, 3.05) is 5.88 Å². The van der Waals surface area contributed by atoms with Gasteiger partial charge in [0.1, 0.15) is 17.3 Å². The van der Waals surface area contributed by atoms with Gasteiger partial charge in [0.05, 0.1) is 10.5 Å². The molecule has 1 aromatic rings. The number of aromatic nitrogens is 1. The van der Waals surface area contributed by atoms with Crippen molar-refractivity contribution in [3.05, 3.63) is 27.9 Å². The number of pyridine rings is 1. The Morgan fingerprint density at radius 3 is 3.00 bits per heavy atom. The molecule has 0 aromatic carbocycles. The minimum atomic E-state index is -0.565. The third kappa shape index (κ3) is 3.88. The van der Waals surface area contributed by atoms with E-state index < -0.39 is 4.92 Å². The van der Waals surface area contributed by atoms with Crippen molar-refractivity contribution in [2.24, 2.45) is 0 Å². The van der Waals surface area contributed by atoms with Crippen LogP contribution in [0.15, 0.2) is 17.3 Å². The maximum absolute atomic E-state index is 10.5. The van der Waals surface area contributed by atoms with Gasteiger partial charge in [0.2, 0.25) is 0 Å². The fourth-order valence-electron chi connectivity index (χ4n) is 1.12. The van der Waals surface area contributed by atoms with Gasteiger partial charge in [0, 0.05) is 17.2 Å². The van der Waals surface area contributed by atoms with Gasteiger partial charge in [-0.05, 0) is 6.42 Å². The molecule has 0 saturated carbocycles. The summed E-state index contributed by atoms with van der Waals surface area (Å²) in [7, 11) is 0. The maximum atomic E-state index is 10.5. The van der Waals surface area contributed by atoms with Gasteiger partial charge in [0.25, 0.3) is 5.69 Å². The molecule has 0 aliphatic rings. The van der Waals surface area contributed by atoms with Crippen molar-refractivity contribution >= 4 is 29.1 Å². The lowest BCUT2D eigenvalue weighted by molar-refractivity contribution is -0.385. The average molecular weight is 272 g/mol. The molecule has 1 rings (SSSR count). The van der Waals surface area contributed by atoms with Crippen LogP contribution < -0.4 is 0 Å². The average Bonchev–Trinajstić information content (AvgIpc) is 2.29. The molecule has 0 saturated heterocycles. The highest BCUT2D eigenvalue weighted by atomic mass is 35.5. The Bertz CT molecular complexity index is 461. The summed E-state index contributed by atoms with van der Waals surface area (Å²) in [5.41, 5.74) is 0.0570. The Hall–Kier alpha value is -1.32. The number of nitro groups is 1. The van der Waals surface area contributed by atoms with E-state index >= 15 is 0 Å². The van der Waals surface area contributed by atoms with Crippen LogP contribution in [0.4, 0.5) is 5.69 Å². The van der Waals surface area contributed by atoms with Crippen LogP contribution in [0.5, 0.6) is 0 Å². The molecule has 7 heteroatoms. The normalized spacial score (nSPS) is 11.8. The second-order valence-electron chi connectivity index (χ2n) is 3.32. The highest BCUT2D eigenvalue weighted by molar-refractivity contribution is 7.99. The van der Waals surface area contributed by atoms with Crippen molar-refractivity contribution in [2.45, 2.75) is 23.6 Å². The fourth-order valence-corrected chi connectivity index (χ4v) is 2.54. The highest BCUT2D eigenvalue weighted by Gasteiger charge is 2.14. The standard InChI is InChI=1S/C10H10ClN3O2S/c1-7(2-3-11)17-10-8(5-12)4-9(6-13-10)14(15)16/h4,6-7H,2-3H2,1H3. The minimum Gasteiger partial charge on any atom is -0.258 e. The Morgan fingerprint density at radius 1 is 1.76 bits per heavy atom. The van der Waals surface area contributed by atoms with Crippen molar-refractivity contribution in [3.8, 4) is 6.07 Å². The van der Waals surface area contributed by atoms with E-state index in [0.29, 0.717) is 10.9 Å². The summed E-state index contributed by atoms with van der Waals surface area (Å²) < 4.78 is 0. The van der Waals surface area contributed by atoms with Gasteiger partial charge in [-0.25, -0.2) is 4.98 Å². The molecular weight excluding hydrogens is 262 g/mol. The van der Waals surface area contributed by atoms with Gasteiger partial charge in [0.15, 0.2) is 0 Å². The second-order valence-corrected chi connectivity index (χ2v) is 5.13. The monoisotopic (exact) mass is 271 g/mol. The van der Waals surface area contributed by atoms with Crippen LogP contribution in [-0.2, 0) is 0 Å². The zero-order chi connectivity index (χ0) is 12.8. The molecule has 1 atom stereocenters. The van der Waals surface area contributed by atoms with Crippen LogP contribution in [0, 0.1) is 21.4 Å². The molecule has 1 unspecified atom stereocenters. The molecule has 5 nitrogen and oxygen atoms in total. The van der Waals surface area contributed by atoms with E-state index in [-0.39, 0.29) is 16.5 Å². The lowest BCUT2D eigenvalue weighted by Gasteiger charge is -2.08. The van der Waals surface area contributed by atoms with E-state index in [1.54, 1.807) is 0 Å². The third-order valence-corrected chi connectivity index (χ3v) is 3.40. The summed E-state index contributed by atoms with van der Waals surface area (Å²) in [6, 6.07) is 3.16. The van der Waals surface area contributed by atoms with Crippen molar-refractivity contribution in [1.82, 2.24) is 4.98 Å². The first-order chi connectivity index (χ1) is 8.08. The van der Waals surface area contributed by atoms with Crippen molar-refractivity contribution < 1.29 is 4.92 Å². The molecule has 0 amide bonds. The summed E-state index contributed by atoms with van der Waals surface area (Å²) in [5, 5.41) is 20.2. The molecule has 1 heterocycles. The summed E-state index contributed by atoms with van der Waals surface area (Å²) in [6.07, 6.45) is 1.95. The highest BCUT2D eigenvalue weighted by Crippen LogP contribution is 2.28. The van der Waals surface area contributed by atoms with E-state index in [4.69, 9.17) is 16.9 Å². The van der Waals surface area contributed by atoms with Crippen LogP contribution in [0.2, 0.25) is 0 Å². The number of rotatable bonds is 5. The number of hydrogen-bond acceptors (Lipinski definition) is 5. The number of nitrogens with zero attached hydrogens (tertiary/aromatic N) is 3. The Labute approximate surface area is 108 Å². The number of nitriles is 1. The summed E-state index contributed by atoms with van der Waals surface area (Å²) in [4.78, 5) is 13.9. The molecule has 0 aliphatic heterocycles. The van der Waals surface area contributed by atoms with Gasteiger partial charge < -0.3 is 0 Å². The predicted octanol–water partition coefficient (Wildman–Crippen LogP) is 2.97. The SMILES string of the molecule is CC(CCCl)Sc1ncc([N+](=O)[O-])cc1C#N. The predicted molar refractivity (Wildman–Crippen MR) is 66.3 cm³/mol. The molecule has 0 N–H and O–H groups in total. The molecule has 0 bridgehead atoms. The van der Waals surface area contributed by atoms with E-state index in [1.165, 1.54) is 17.8 Å². The first-order valence-electron chi connectivity index (χ1n) is 4.85. The lowest BCUT2D eigenvalue weighted by Crippen LogP contribution is -2.00. The van der Waals surface area contributed by atoms with Gasteiger partial charge in [-0.15, -0.1) is 23.4 Å².